The first-order valence-corrected chi connectivity index (χ1v) is 9.56. The van der Waals surface area contributed by atoms with Crippen LogP contribution in [0.2, 0.25) is 0 Å². The van der Waals surface area contributed by atoms with Crippen molar-refractivity contribution in [3.05, 3.63) is 77.6 Å². The molecule has 0 aliphatic heterocycles. The summed E-state index contributed by atoms with van der Waals surface area (Å²) in [6, 6.07) is 10.7. The van der Waals surface area contributed by atoms with Gasteiger partial charge in [0.05, 0.1) is 23.9 Å². The number of imidazole rings is 1. The Balaban J connectivity index is 1.85. The van der Waals surface area contributed by atoms with E-state index in [9.17, 15) is 31.1 Å². The molecular formula is C22H14F6N4O2. The molecular weight excluding hydrogens is 466 g/mol. The molecule has 6 nitrogen and oxygen atoms in total. The van der Waals surface area contributed by atoms with Gasteiger partial charge < -0.3 is 10.1 Å². The average Bonchev–Trinajstić information content (AvgIpc) is 3.18. The number of aromatic nitrogens is 3. The van der Waals surface area contributed by atoms with Crippen LogP contribution in [0.1, 0.15) is 21.6 Å². The van der Waals surface area contributed by atoms with Crippen LogP contribution in [0, 0.1) is 0 Å². The highest BCUT2D eigenvalue weighted by Crippen LogP contribution is 2.37. The number of nitrogens with one attached hydrogen (secondary N) is 1. The molecule has 1 aromatic carbocycles. The number of hydrogen-bond donors (Lipinski definition) is 1. The quantitative estimate of drug-likeness (QED) is 0.288. The summed E-state index contributed by atoms with van der Waals surface area (Å²) in [5.74, 6) is -0.932. The lowest BCUT2D eigenvalue weighted by atomic mass is 10.1. The molecule has 0 bridgehead atoms. The van der Waals surface area contributed by atoms with Gasteiger partial charge in [0.15, 0.2) is 5.69 Å². The van der Waals surface area contributed by atoms with E-state index in [1.165, 1.54) is 34.9 Å². The van der Waals surface area contributed by atoms with Gasteiger partial charge in [-0.15, -0.1) is 0 Å². The molecule has 0 saturated carbocycles. The van der Waals surface area contributed by atoms with Gasteiger partial charge in [-0.05, 0) is 48.5 Å². The number of carbonyl (C=O) groups is 1. The highest BCUT2D eigenvalue weighted by Gasteiger charge is 2.39. The third-order valence-corrected chi connectivity index (χ3v) is 4.77. The van der Waals surface area contributed by atoms with Crippen molar-refractivity contribution >= 4 is 23.1 Å². The van der Waals surface area contributed by atoms with Gasteiger partial charge in [0.2, 0.25) is 0 Å². The fraction of sp³-hybridized carbons (Fsp3) is 0.136. The summed E-state index contributed by atoms with van der Waals surface area (Å²) >= 11 is 0. The van der Waals surface area contributed by atoms with E-state index < -0.39 is 35.3 Å². The number of hydrogen-bond acceptors (Lipinski definition) is 5. The van der Waals surface area contributed by atoms with Crippen LogP contribution in [-0.2, 0) is 17.1 Å². The molecule has 4 rings (SSSR count). The van der Waals surface area contributed by atoms with Crippen molar-refractivity contribution in [2.45, 2.75) is 12.4 Å². The topological polar surface area (TPSA) is 68.5 Å². The number of ether oxygens (including phenoxy) is 1. The summed E-state index contributed by atoms with van der Waals surface area (Å²) in [5, 5.41) is 2.71. The zero-order valence-corrected chi connectivity index (χ0v) is 17.2. The largest absolute Gasteiger partial charge is 0.465 e. The van der Waals surface area contributed by atoms with Crippen LogP contribution >= 0.6 is 0 Å². The summed E-state index contributed by atoms with van der Waals surface area (Å²) in [7, 11) is 1.10. The summed E-state index contributed by atoms with van der Waals surface area (Å²) in [6.07, 6.45) is -8.00. The average molecular weight is 480 g/mol. The molecule has 0 fully saturated rings. The van der Waals surface area contributed by atoms with Gasteiger partial charge >= 0.3 is 18.3 Å². The molecule has 176 valence electrons. The fourth-order valence-electron chi connectivity index (χ4n) is 3.28. The van der Waals surface area contributed by atoms with Crippen molar-refractivity contribution in [3.8, 4) is 11.4 Å². The van der Waals surface area contributed by atoms with Gasteiger partial charge in [0, 0.05) is 11.9 Å². The van der Waals surface area contributed by atoms with Crippen LogP contribution in [0.4, 0.5) is 37.8 Å². The van der Waals surface area contributed by atoms with E-state index in [0.29, 0.717) is 0 Å². The second kappa shape index (κ2) is 8.36. The minimum Gasteiger partial charge on any atom is -0.465 e. The van der Waals surface area contributed by atoms with Crippen molar-refractivity contribution < 1.29 is 35.9 Å². The van der Waals surface area contributed by atoms with Gasteiger partial charge in [-0.3, -0.25) is 4.40 Å². The molecule has 4 aromatic rings. The molecule has 12 heteroatoms. The lowest BCUT2D eigenvalue weighted by Gasteiger charge is -2.13. The zero-order chi connectivity index (χ0) is 24.7. The van der Waals surface area contributed by atoms with E-state index in [-0.39, 0.29) is 28.4 Å². The zero-order valence-electron chi connectivity index (χ0n) is 17.2. The number of pyridine rings is 2. The molecule has 0 spiro atoms. The van der Waals surface area contributed by atoms with E-state index in [2.05, 4.69) is 20.0 Å². The summed E-state index contributed by atoms with van der Waals surface area (Å²) < 4.78 is 85.6. The van der Waals surface area contributed by atoms with Crippen LogP contribution in [0.25, 0.3) is 17.0 Å². The lowest BCUT2D eigenvalue weighted by Crippen LogP contribution is -2.10. The summed E-state index contributed by atoms with van der Waals surface area (Å²) in [5.41, 5.74) is -2.70. The number of nitrogens with zero attached hydrogens (tertiary/aromatic N) is 3. The van der Waals surface area contributed by atoms with Crippen LogP contribution in [0.15, 0.2) is 60.8 Å². The van der Waals surface area contributed by atoms with E-state index in [1.54, 1.807) is 0 Å². The highest BCUT2D eigenvalue weighted by molar-refractivity contribution is 5.92. The van der Waals surface area contributed by atoms with Gasteiger partial charge in [-0.25, -0.2) is 14.8 Å². The predicted octanol–water partition coefficient (Wildman–Crippen LogP) is 5.96. The first-order valence-electron chi connectivity index (χ1n) is 9.56. The fourth-order valence-corrected chi connectivity index (χ4v) is 3.28. The normalized spacial score (nSPS) is 12.1. The Morgan fingerprint density at radius 1 is 0.941 bits per heavy atom. The molecule has 0 aliphatic carbocycles. The maximum Gasteiger partial charge on any atom is 0.435 e. The smallest absolute Gasteiger partial charge is 0.435 e. The Hall–Kier alpha value is -4.09. The van der Waals surface area contributed by atoms with Gasteiger partial charge in [-0.1, -0.05) is 6.07 Å². The Morgan fingerprint density at radius 3 is 2.26 bits per heavy atom. The van der Waals surface area contributed by atoms with Crippen LogP contribution in [0.5, 0.6) is 0 Å². The van der Waals surface area contributed by atoms with E-state index in [4.69, 9.17) is 0 Å². The Kier molecular flexibility index (Phi) is 5.67. The number of fused-ring (bicyclic) bond motifs is 1. The van der Waals surface area contributed by atoms with Crippen molar-refractivity contribution in [2.24, 2.45) is 0 Å². The Labute approximate surface area is 187 Å². The van der Waals surface area contributed by atoms with E-state index in [0.717, 1.165) is 37.4 Å². The molecule has 34 heavy (non-hydrogen) atoms. The Bertz CT molecular complexity index is 1360. The first-order chi connectivity index (χ1) is 16.0. The SMILES string of the molecule is COC(=O)c1cc(Nc2ccc(C(F)(F)F)cc2)nc(-c2c(C(F)(F)F)nc3ccccn23)c1. The molecule has 0 unspecified atom stereocenters. The molecule has 3 heterocycles. The third kappa shape index (κ3) is 4.51. The summed E-state index contributed by atoms with van der Waals surface area (Å²) in [4.78, 5) is 20.0. The molecule has 0 radical (unpaired) electrons. The molecule has 0 atom stereocenters. The van der Waals surface area contributed by atoms with Crippen molar-refractivity contribution in [3.63, 3.8) is 0 Å². The van der Waals surface area contributed by atoms with Gasteiger partial charge in [-0.2, -0.15) is 26.3 Å². The van der Waals surface area contributed by atoms with Crippen LogP contribution in [0.3, 0.4) is 0 Å². The lowest BCUT2D eigenvalue weighted by molar-refractivity contribution is -0.140. The number of esters is 1. The monoisotopic (exact) mass is 480 g/mol. The maximum absolute atomic E-state index is 13.8. The number of carbonyl (C=O) groups excluding carboxylic acids is 1. The number of rotatable bonds is 4. The van der Waals surface area contributed by atoms with Gasteiger partial charge in [0.25, 0.3) is 0 Å². The second-order valence-electron chi connectivity index (χ2n) is 7.05. The summed E-state index contributed by atoms with van der Waals surface area (Å²) in [6.45, 7) is 0. The standard InChI is InChI=1S/C22H14F6N4O2/c1-34-20(33)12-10-15(18-19(22(26,27)28)31-17-4-2-3-9-32(17)18)30-16(11-12)29-14-7-5-13(6-8-14)21(23,24)25/h2-11H,1H3,(H,29,30). The second-order valence-corrected chi connectivity index (χ2v) is 7.05. The minimum atomic E-state index is -4.83. The molecule has 0 saturated heterocycles. The molecule has 1 N–H and O–H groups in total. The van der Waals surface area contributed by atoms with Gasteiger partial charge in [0.1, 0.15) is 17.2 Å². The number of anilines is 2. The minimum absolute atomic E-state index is 0.00680. The molecule has 3 aromatic heterocycles. The maximum atomic E-state index is 13.8. The van der Waals surface area contributed by atoms with Crippen molar-refractivity contribution in [1.29, 1.82) is 0 Å². The first kappa shape index (κ1) is 23.1. The third-order valence-electron chi connectivity index (χ3n) is 4.77. The van der Waals surface area contributed by atoms with E-state index >= 15 is 0 Å². The van der Waals surface area contributed by atoms with Crippen LogP contribution in [-0.4, -0.2) is 27.4 Å². The van der Waals surface area contributed by atoms with E-state index in [1.807, 2.05) is 0 Å². The number of benzene rings is 1. The molecule has 0 amide bonds. The predicted molar refractivity (Wildman–Crippen MR) is 109 cm³/mol. The highest BCUT2D eigenvalue weighted by atomic mass is 19.4. The molecule has 0 aliphatic rings. The van der Waals surface area contributed by atoms with Crippen LogP contribution < -0.4 is 5.32 Å². The number of methoxy groups -OCH3 is 1. The number of alkyl halides is 6. The van der Waals surface area contributed by atoms with Crippen molar-refractivity contribution in [2.75, 3.05) is 12.4 Å². The number of halogens is 6. The Morgan fingerprint density at radius 2 is 1.65 bits per heavy atom. The van der Waals surface area contributed by atoms with Crippen molar-refractivity contribution in [1.82, 2.24) is 14.4 Å².